The second-order valence-electron chi connectivity index (χ2n) is 11.1. The third kappa shape index (κ3) is 3.87. The molecule has 2 aliphatic heterocycles. The first kappa shape index (κ1) is 23.5. The number of piperidine rings is 1. The molecule has 0 aromatic carbocycles. The van der Waals surface area contributed by atoms with E-state index in [9.17, 15) is 9.59 Å². The van der Waals surface area contributed by atoms with Crippen molar-refractivity contribution in [3.63, 3.8) is 0 Å². The third-order valence-electron chi connectivity index (χ3n) is 9.07. The van der Waals surface area contributed by atoms with Gasteiger partial charge < -0.3 is 9.64 Å². The maximum atomic E-state index is 13.8. The van der Waals surface area contributed by atoms with Crippen LogP contribution in [0.15, 0.2) is 36.0 Å². The van der Waals surface area contributed by atoms with E-state index in [2.05, 4.69) is 29.8 Å². The lowest BCUT2D eigenvalue weighted by Gasteiger charge is -2.57. The van der Waals surface area contributed by atoms with Gasteiger partial charge in [-0.25, -0.2) is 4.79 Å². The predicted molar refractivity (Wildman–Crippen MR) is 130 cm³/mol. The van der Waals surface area contributed by atoms with Crippen LogP contribution < -0.4 is 0 Å². The van der Waals surface area contributed by atoms with Crippen LogP contribution in [0.4, 0.5) is 4.79 Å². The summed E-state index contributed by atoms with van der Waals surface area (Å²) < 4.78 is 5.23. The number of amides is 3. The molecule has 0 radical (unpaired) electrons. The summed E-state index contributed by atoms with van der Waals surface area (Å²) in [6.07, 6.45) is 8.82. The lowest BCUT2D eigenvalue weighted by molar-refractivity contribution is -0.136. The zero-order chi connectivity index (χ0) is 23.9. The lowest BCUT2D eigenvalue weighted by Crippen LogP contribution is -2.57. The monoisotopic (exact) mass is 466 g/mol. The number of aromatic nitrogens is 1. The smallest absolute Gasteiger partial charge is 0.328 e. The number of imide groups is 1. The summed E-state index contributed by atoms with van der Waals surface area (Å²) in [5.74, 6) is 1.50. The van der Waals surface area contributed by atoms with Gasteiger partial charge in [-0.1, -0.05) is 31.6 Å². The van der Waals surface area contributed by atoms with E-state index in [4.69, 9.17) is 4.74 Å². The number of nitrogens with zero attached hydrogens (tertiary/aromatic N) is 4. The van der Waals surface area contributed by atoms with Crippen LogP contribution in [0.2, 0.25) is 0 Å². The van der Waals surface area contributed by atoms with E-state index in [0.717, 1.165) is 37.7 Å². The zero-order valence-corrected chi connectivity index (χ0v) is 20.8. The van der Waals surface area contributed by atoms with Crippen molar-refractivity contribution in [2.75, 3.05) is 39.9 Å². The molecule has 3 amide bonds. The van der Waals surface area contributed by atoms with Gasteiger partial charge in [0.25, 0.3) is 5.91 Å². The molecule has 34 heavy (non-hydrogen) atoms. The molecule has 1 aromatic heterocycles. The molecule has 7 nitrogen and oxygen atoms in total. The minimum absolute atomic E-state index is 0.0555. The number of allylic oxidation sites excluding steroid dienone is 1. The average molecular weight is 467 g/mol. The predicted octanol–water partition coefficient (Wildman–Crippen LogP) is 3.71. The SMILES string of the molecule is COCCCN1C(=O)N(Cc2ccccn2)C(=O)C12CCN(CC1=CC[C@H]3C[C@@H]1C3(C)C)CC2. The Morgan fingerprint density at radius 3 is 2.59 bits per heavy atom. The highest BCUT2D eigenvalue weighted by Gasteiger charge is 2.58. The summed E-state index contributed by atoms with van der Waals surface area (Å²) in [5.41, 5.74) is 2.02. The van der Waals surface area contributed by atoms with E-state index in [1.165, 1.54) is 17.7 Å². The fourth-order valence-corrected chi connectivity index (χ4v) is 6.73. The number of urea groups is 1. The summed E-state index contributed by atoms with van der Waals surface area (Å²) in [6, 6.07) is 5.42. The number of hydrogen-bond acceptors (Lipinski definition) is 5. The van der Waals surface area contributed by atoms with Gasteiger partial charge in [0.15, 0.2) is 0 Å². The average Bonchev–Trinajstić information content (AvgIpc) is 3.03. The van der Waals surface area contributed by atoms with Crippen LogP contribution in [0, 0.1) is 17.3 Å². The molecule has 2 atom stereocenters. The molecule has 1 spiro atoms. The molecule has 5 aliphatic rings. The molecule has 6 rings (SSSR count). The lowest BCUT2D eigenvalue weighted by atomic mass is 9.49. The summed E-state index contributed by atoms with van der Waals surface area (Å²) in [4.78, 5) is 37.3. The first-order valence-electron chi connectivity index (χ1n) is 12.8. The maximum absolute atomic E-state index is 13.8. The molecule has 0 N–H and O–H groups in total. The number of rotatable bonds is 8. The summed E-state index contributed by atoms with van der Waals surface area (Å²) in [7, 11) is 1.67. The quantitative estimate of drug-likeness (QED) is 0.332. The van der Waals surface area contributed by atoms with E-state index >= 15 is 0 Å². The van der Waals surface area contributed by atoms with Gasteiger partial charge in [0, 0.05) is 46.1 Å². The zero-order valence-electron chi connectivity index (χ0n) is 20.8. The van der Waals surface area contributed by atoms with Gasteiger partial charge >= 0.3 is 6.03 Å². The van der Waals surface area contributed by atoms with Gasteiger partial charge in [0.05, 0.1) is 12.2 Å². The van der Waals surface area contributed by atoms with Crippen LogP contribution in [0.3, 0.4) is 0 Å². The Morgan fingerprint density at radius 2 is 1.94 bits per heavy atom. The highest BCUT2D eigenvalue weighted by atomic mass is 16.5. The molecule has 7 heteroatoms. The Labute approximate surface area is 203 Å². The third-order valence-corrected chi connectivity index (χ3v) is 9.07. The molecule has 184 valence electrons. The second-order valence-corrected chi connectivity index (χ2v) is 11.1. The van der Waals surface area contributed by atoms with Crippen molar-refractivity contribution in [1.29, 1.82) is 0 Å². The van der Waals surface area contributed by atoms with E-state index < -0.39 is 5.54 Å². The fourth-order valence-electron chi connectivity index (χ4n) is 6.73. The highest BCUT2D eigenvalue weighted by molar-refractivity contribution is 6.07. The fraction of sp³-hybridized carbons (Fsp3) is 0.667. The number of carbonyl (C=O) groups is 2. The van der Waals surface area contributed by atoms with E-state index in [0.29, 0.717) is 37.3 Å². The minimum Gasteiger partial charge on any atom is -0.385 e. The van der Waals surface area contributed by atoms with Crippen LogP contribution in [0.1, 0.15) is 51.6 Å². The van der Waals surface area contributed by atoms with Crippen LogP contribution >= 0.6 is 0 Å². The van der Waals surface area contributed by atoms with Crippen LogP contribution in [0.5, 0.6) is 0 Å². The van der Waals surface area contributed by atoms with E-state index in [1.54, 1.807) is 18.9 Å². The molecule has 3 fully saturated rings. The Hall–Kier alpha value is -2.25. The van der Waals surface area contributed by atoms with Gasteiger partial charge in [-0.15, -0.1) is 0 Å². The largest absolute Gasteiger partial charge is 0.385 e. The van der Waals surface area contributed by atoms with Crippen molar-refractivity contribution in [2.24, 2.45) is 17.3 Å². The number of likely N-dealkylation sites (tertiary alicyclic amines) is 1. The van der Waals surface area contributed by atoms with E-state index in [-0.39, 0.29) is 18.5 Å². The molecular formula is C27H38N4O3. The molecule has 2 bridgehead atoms. The number of methoxy groups -OCH3 is 1. The Morgan fingerprint density at radius 1 is 1.15 bits per heavy atom. The molecule has 3 heterocycles. The maximum Gasteiger partial charge on any atom is 0.328 e. The van der Waals surface area contributed by atoms with Crippen LogP contribution in [-0.2, 0) is 16.1 Å². The van der Waals surface area contributed by atoms with Crippen molar-refractivity contribution in [3.8, 4) is 0 Å². The topological polar surface area (TPSA) is 66.0 Å². The molecule has 2 saturated heterocycles. The standard InChI is InChI=1S/C27H38N4O3/c1-26(2)21-9-8-20(23(26)17-21)18-29-14-10-27(11-15-29)24(32)30(19-22-7-4-5-12-28-22)25(33)31(27)13-6-16-34-3/h4-5,7-8,12,21,23H,6,9-11,13-19H2,1-3H3/t21-,23-/m0/s1. The Balaban J connectivity index is 1.29. The van der Waals surface area contributed by atoms with Crippen molar-refractivity contribution in [2.45, 2.75) is 58.0 Å². The molecule has 3 aliphatic carbocycles. The Bertz CT molecular complexity index is 952. The van der Waals surface area contributed by atoms with Crippen molar-refractivity contribution in [3.05, 3.63) is 41.7 Å². The second kappa shape index (κ2) is 9.08. The van der Waals surface area contributed by atoms with Gasteiger partial charge in [-0.3, -0.25) is 19.6 Å². The number of carbonyl (C=O) groups excluding carboxylic acids is 2. The van der Waals surface area contributed by atoms with Gasteiger partial charge in [0.2, 0.25) is 0 Å². The summed E-state index contributed by atoms with van der Waals surface area (Å²) in [5, 5.41) is 0. The van der Waals surface area contributed by atoms with Crippen molar-refractivity contribution < 1.29 is 14.3 Å². The molecule has 0 unspecified atom stereocenters. The number of hydrogen-bond donors (Lipinski definition) is 0. The van der Waals surface area contributed by atoms with Gasteiger partial charge in [0.1, 0.15) is 5.54 Å². The Kier molecular flexibility index (Phi) is 6.27. The van der Waals surface area contributed by atoms with Crippen molar-refractivity contribution >= 4 is 11.9 Å². The molecule has 1 saturated carbocycles. The number of ether oxygens (including phenoxy) is 1. The van der Waals surface area contributed by atoms with Crippen LogP contribution in [-0.4, -0.2) is 77.1 Å². The number of fused-ring (bicyclic) bond motifs is 1. The van der Waals surface area contributed by atoms with Crippen LogP contribution in [0.25, 0.3) is 0 Å². The summed E-state index contributed by atoms with van der Waals surface area (Å²) in [6.45, 7) is 8.86. The van der Waals surface area contributed by atoms with Gasteiger partial charge in [-0.2, -0.15) is 0 Å². The first-order valence-corrected chi connectivity index (χ1v) is 12.8. The number of pyridine rings is 1. The van der Waals surface area contributed by atoms with Crippen molar-refractivity contribution in [1.82, 2.24) is 19.7 Å². The molecular weight excluding hydrogens is 428 g/mol. The summed E-state index contributed by atoms with van der Waals surface area (Å²) >= 11 is 0. The first-order chi connectivity index (χ1) is 16.4. The highest BCUT2D eigenvalue weighted by Crippen LogP contribution is 2.59. The minimum atomic E-state index is -0.738. The normalized spacial score (nSPS) is 27.8. The van der Waals surface area contributed by atoms with Gasteiger partial charge in [-0.05, 0) is 61.5 Å². The van der Waals surface area contributed by atoms with E-state index in [1.807, 2.05) is 23.1 Å². The molecule has 1 aromatic rings.